The molecule has 0 aliphatic carbocycles. The van der Waals surface area contributed by atoms with Crippen LogP contribution in [-0.2, 0) is 17.8 Å². The molecule has 2 N–H and O–H groups in total. The van der Waals surface area contributed by atoms with E-state index in [0.717, 1.165) is 43.5 Å². The predicted molar refractivity (Wildman–Crippen MR) is 110 cm³/mol. The van der Waals surface area contributed by atoms with Crippen LogP contribution in [0.1, 0.15) is 31.3 Å². The number of hydrogen-bond acceptors (Lipinski definition) is 5. The number of guanidine groups is 1. The molecule has 29 heavy (non-hydrogen) atoms. The van der Waals surface area contributed by atoms with Gasteiger partial charge < -0.3 is 19.9 Å². The zero-order valence-corrected chi connectivity index (χ0v) is 17.1. The van der Waals surface area contributed by atoms with Crippen LogP contribution >= 0.6 is 0 Å². The second kappa shape index (κ2) is 10.9. The zero-order chi connectivity index (χ0) is 20.5. The van der Waals surface area contributed by atoms with Crippen molar-refractivity contribution in [1.82, 2.24) is 30.3 Å². The number of ether oxygens (including phenoxy) is 1. The Kier molecular flexibility index (Phi) is 7.94. The largest absolute Gasteiger partial charge is 0.379 e. The number of halogens is 1. The standard InChI is InChI=1S/C20H30FN7O/c1-3-22-20(24-14-19-26-25-15-27(19)4-2)23-13-18(28-9-11-29-12-10-28)16-5-7-17(21)8-6-16/h5-8,15,18H,3-4,9-14H2,1-2H3,(H2,22,23,24). The second-order valence-electron chi connectivity index (χ2n) is 6.82. The third kappa shape index (κ3) is 5.98. The average molecular weight is 404 g/mol. The number of aliphatic imine (C=N–C) groups is 1. The molecule has 1 atom stereocenters. The van der Waals surface area contributed by atoms with Crippen molar-refractivity contribution in [3.8, 4) is 0 Å². The molecule has 2 heterocycles. The molecule has 1 aliphatic heterocycles. The van der Waals surface area contributed by atoms with E-state index in [4.69, 9.17) is 4.74 Å². The Morgan fingerprint density at radius 1 is 1.21 bits per heavy atom. The van der Waals surface area contributed by atoms with E-state index < -0.39 is 0 Å². The highest BCUT2D eigenvalue weighted by Crippen LogP contribution is 2.21. The summed E-state index contributed by atoms with van der Waals surface area (Å²) < 4.78 is 20.9. The van der Waals surface area contributed by atoms with E-state index in [1.165, 1.54) is 12.1 Å². The van der Waals surface area contributed by atoms with Crippen molar-refractivity contribution in [3.05, 3.63) is 47.8 Å². The van der Waals surface area contributed by atoms with Crippen LogP contribution in [0.4, 0.5) is 4.39 Å². The van der Waals surface area contributed by atoms with Crippen LogP contribution in [-0.4, -0.2) is 65.0 Å². The van der Waals surface area contributed by atoms with Crippen molar-refractivity contribution >= 4 is 5.96 Å². The summed E-state index contributed by atoms with van der Waals surface area (Å²) in [5, 5.41) is 14.8. The fourth-order valence-electron chi connectivity index (χ4n) is 3.38. The van der Waals surface area contributed by atoms with E-state index >= 15 is 0 Å². The second-order valence-corrected chi connectivity index (χ2v) is 6.82. The van der Waals surface area contributed by atoms with Gasteiger partial charge in [0.2, 0.25) is 0 Å². The molecule has 3 rings (SSSR count). The summed E-state index contributed by atoms with van der Waals surface area (Å²) >= 11 is 0. The van der Waals surface area contributed by atoms with Gasteiger partial charge in [-0.2, -0.15) is 0 Å². The molecule has 0 saturated carbocycles. The SMILES string of the molecule is CCNC(=NCc1nncn1CC)NCC(c1ccc(F)cc1)N1CCOCC1. The quantitative estimate of drug-likeness (QED) is 0.515. The van der Waals surface area contributed by atoms with E-state index in [1.807, 2.05) is 23.6 Å². The van der Waals surface area contributed by atoms with Crippen LogP contribution in [0.2, 0.25) is 0 Å². The first kappa shape index (κ1) is 21.2. The maximum atomic E-state index is 13.4. The lowest BCUT2D eigenvalue weighted by Gasteiger charge is -2.35. The van der Waals surface area contributed by atoms with E-state index in [9.17, 15) is 4.39 Å². The van der Waals surface area contributed by atoms with Crippen molar-refractivity contribution in [2.45, 2.75) is 33.0 Å². The topological polar surface area (TPSA) is 79.6 Å². The monoisotopic (exact) mass is 403 g/mol. The highest BCUT2D eigenvalue weighted by atomic mass is 19.1. The van der Waals surface area contributed by atoms with Gasteiger partial charge in [0, 0.05) is 32.7 Å². The fraction of sp³-hybridized carbons (Fsp3) is 0.550. The smallest absolute Gasteiger partial charge is 0.191 e. The number of nitrogens with one attached hydrogen (secondary N) is 2. The molecule has 8 nitrogen and oxygen atoms in total. The highest BCUT2D eigenvalue weighted by molar-refractivity contribution is 5.79. The molecule has 0 radical (unpaired) electrons. The number of benzene rings is 1. The van der Waals surface area contributed by atoms with Gasteiger partial charge in [-0.1, -0.05) is 12.1 Å². The van der Waals surface area contributed by atoms with Gasteiger partial charge in [0.05, 0.1) is 19.3 Å². The molecular weight excluding hydrogens is 373 g/mol. The van der Waals surface area contributed by atoms with E-state index in [2.05, 4.69) is 37.6 Å². The Hall–Kier alpha value is -2.52. The van der Waals surface area contributed by atoms with E-state index in [0.29, 0.717) is 26.3 Å². The number of rotatable bonds is 8. The fourth-order valence-corrected chi connectivity index (χ4v) is 3.38. The van der Waals surface area contributed by atoms with Gasteiger partial charge in [-0.15, -0.1) is 10.2 Å². The van der Waals surface area contributed by atoms with Crippen molar-refractivity contribution in [3.63, 3.8) is 0 Å². The lowest BCUT2D eigenvalue weighted by molar-refractivity contribution is 0.0170. The summed E-state index contributed by atoms with van der Waals surface area (Å²) in [7, 11) is 0. The minimum Gasteiger partial charge on any atom is -0.379 e. The summed E-state index contributed by atoms with van der Waals surface area (Å²) in [5.74, 6) is 1.32. The number of morpholine rings is 1. The Morgan fingerprint density at radius 3 is 2.66 bits per heavy atom. The van der Waals surface area contributed by atoms with Crippen LogP contribution < -0.4 is 10.6 Å². The van der Waals surface area contributed by atoms with Gasteiger partial charge in [-0.05, 0) is 31.5 Å². The molecule has 158 valence electrons. The van der Waals surface area contributed by atoms with Crippen molar-refractivity contribution in [1.29, 1.82) is 0 Å². The molecule has 0 bridgehead atoms. The number of aromatic nitrogens is 3. The normalized spacial score (nSPS) is 16.6. The van der Waals surface area contributed by atoms with Crippen molar-refractivity contribution < 1.29 is 9.13 Å². The molecule has 0 spiro atoms. The summed E-state index contributed by atoms with van der Waals surface area (Å²) in [4.78, 5) is 7.02. The van der Waals surface area contributed by atoms with Crippen LogP contribution in [0.5, 0.6) is 0 Å². The maximum Gasteiger partial charge on any atom is 0.191 e. The number of nitrogens with zero attached hydrogens (tertiary/aromatic N) is 5. The molecule has 1 fully saturated rings. The van der Waals surface area contributed by atoms with Gasteiger partial charge in [0.25, 0.3) is 0 Å². The average Bonchev–Trinajstić information content (AvgIpc) is 3.21. The molecular formula is C20H30FN7O. The first-order valence-electron chi connectivity index (χ1n) is 10.2. The minimum absolute atomic E-state index is 0.0997. The molecule has 1 unspecified atom stereocenters. The molecule has 9 heteroatoms. The Balaban J connectivity index is 1.70. The van der Waals surface area contributed by atoms with Crippen LogP contribution in [0.15, 0.2) is 35.6 Å². The van der Waals surface area contributed by atoms with Gasteiger partial charge in [-0.3, -0.25) is 4.90 Å². The molecule has 1 aliphatic rings. The van der Waals surface area contributed by atoms with Crippen LogP contribution in [0, 0.1) is 5.82 Å². The van der Waals surface area contributed by atoms with Gasteiger partial charge in [0.15, 0.2) is 11.8 Å². The van der Waals surface area contributed by atoms with Crippen LogP contribution in [0.3, 0.4) is 0 Å². The van der Waals surface area contributed by atoms with E-state index in [-0.39, 0.29) is 11.9 Å². The maximum absolute atomic E-state index is 13.4. The first-order chi connectivity index (χ1) is 14.2. The lowest BCUT2D eigenvalue weighted by Crippen LogP contribution is -2.46. The summed E-state index contributed by atoms with van der Waals surface area (Å²) in [6.07, 6.45) is 1.72. The molecule has 1 aromatic carbocycles. The summed E-state index contributed by atoms with van der Waals surface area (Å²) in [6.45, 7) is 9.85. The van der Waals surface area contributed by atoms with Gasteiger partial charge >= 0.3 is 0 Å². The third-order valence-corrected chi connectivity index (χ3v) is 4.96. The number of aryl methyl sites for hydroxylation is 1. The van der Waals surface area contributed by atoms with Gasteiger partial charge in [-0.25, -0.2) is 9.38 Å². The van der Waals surface area contributed by atoms with Crippen molar-refractivity contribution in [2.24, 2.45) is 4.99 Å². The number of hydrogen-bond donors (Lipinski definition) is 2. The third-order valence-electron chi connectivity index (χ3n) is 4.96. The Labute approximate surface area is 171 Å². The molecule has 2 aromatic rings. The Bertz CT molecular complexity index is 771. The lowest BCUT2D eigenvalue weighted by atomic mass is 10.0. The highest BCUT2D eigenvalue weighted by Gasteiger charge is 2.23. The summed E-state index contributed by atoms with van der Waals surface area (Å²) in [6, 6.07) is 6.83. The summed E-state index contributed by atoms with van der Waals surface area (Å²) in [5.41, 5.74) is 1.07. The molecule has 0 amide bonds. The van der Waals surface area contributed by atoms with E-state index in [1.54, 1.807) is 6.33 Å². The first-order valence-corrected chi connectivity index (χ1v) is 10.2. The Morgan fingerprint density at radius 2 is 1.97 bits per heavy atom. The molecule has 1 aromatic heterocycles. The van der Waals surface area contributed by atoms with Crippen LogP contribution in [0.25, 0.3) is 0 Å². The predicted octanol–water partition coefficient (Wildman–Crippen LogP) is 1.57. The molecule has 1 saturated heterocycles. The minimum atomic E-state index is -0.225. The van der Waals surface area contributed by atoms with Crippen molar-refractivity contribution in [2.75, 3.05) is 39.4 Å². The zero-order valence-electron chi connectivity index (χ0n) is 17.1. The van der Waals surface area contributed by atoms with Gasteiger partial charge in [0.1, 0.15) is 18.7 Å².